The number of rotatable bonds is 3. The molecule has 0 heterocycles. The Balaban J connectivity index is 2.08. The van der Waals surface area contributed by atoms with Crippen LogP contribution >= 0.6 is 0 Å². The summed E-state index contributed by atoms with van der Waals surface area (Å²) in [6.07, 6.45) is 2.17. The number of nitrogen functional groups attached to an aromatic ring is 1. The Hall–Kier alpha value is -1.76. The highest BCUT2D eigenvalue weighted by Crippen LogP contribution is 2.16. The van der Waals surface area contributed by atoms with Crippen molar-refractivity contribution in [2.24, 2.45) is 0 Å². The lowest BCUT2D eigenvalue weighted by atomic mass is 9.99. The van der Waals surface area contributed by atoms with Gasteiger partial charge in [0.1, 0.15) is 0 Å². The first-order chi connectivity index (χ1) is 8.16. The van der Waals surface area contributed by atoms with Gasteiger partial charge in [-0.2, -0.15) is 0 Å². The molecule has 88 valence electrons. The largest absolute Gasteiger partial charge is 0.399 e. The molecular formula is C16H19N. The molecule has 0 saturated heterocycles. The minimum Gasteiger partial charge on any atom is -0.399 e. The molecule has 0 atom stereocenters. The minimum atomic E-state index is 0.879. The minimum absolute atomic E-state index is 0.879. The molecule has 0 aliphatic heterocycles. The van der Waals surface area contributed by atoms with E-state index >= 15 is 0 Å². The molecule has 0 aliphatic rings. The molecule has 0 amide bonds. The molecule has 2 N–H and O–H groups in total. The number of hydrogen-bond donors (Lipinski definition) is 1. The van der Waals surface area contributed by atoms with Gasteiger partial charge in [-0.25, -0.2) is 0 Å². The zero-order valence-corrected chi connectivity index (χ0v) is 10.5. The molecular weight excluding hydrogens is 206 g/mol. The Morgan fingerprint density at radius 3 is 2.35 bits per heavy atom. The summed E-state index contributed by atoms with van der Waals surface area (Å²) in [6.45, 7) is 4.23. The van der Waals surface area contributed by atoms with E-state index in [0.29, 0.717) is 0 Å². The van der Waals surface area contributed by atoms with Gasteiger partial charge in [0.2, 0.25) is 0 Å². The van der Waals surface area contributed by atoms with E-state index in [1.807, 2.05) is 6.07 Å². The summed E-state index contributed by atoms with van der Waals surface area (Å²) in [4.78, 5) is 0. The van der Waals surface area contributed by atoms with Gasteiger partial charge in [0.15, 0.2) is 0 Å². The monoisotopic (exact) mass is 225 g/mol. The molecule has 0 saturated carbocycles. The van der Waals surface area contributed by atoms with E-state index in [-0.39, 0.29) is 0 Å². The average molecular weight is 225 g/mol. The maximum absolute atomic E-state index is 5.82. The fraction of sp³-hybridized carbons (Fsp3) is 0.250. The fourth-order valence-electron chi connectivity index (χ4n) is 2.06. The van der Waals surface area contributed by atoms with E-state index in [1.165, 1.54) is 22.3 Å². The van der Waals surface area contributed by atoms with Crippen molar-refractivity contribution in [3.8, 4) is 0 Å². The molecule has 2 aromatic rings. The number of hydrogen-bond acceptors (Lipinski definition) is 1. The van der Waals surface area contributed by atoms with E-state index in [9.17, 15) is 0 Å². The Kier molecular flexibility index (Phi) is 3.48. The predicted molar refractivity (Wildman–Crippen MR) is 74.2 cm³/mol. The molecule has 0 spiro atoms. The highest BCUT2D eigenvalue weighted by atomic mass is 14.5. The zero-order valence-electron chi connectivity index (χ0n) is 10.5. The van der Waals surface area contributed by atoms with Gasteiger partial charge in [-0.3, -0.25) is 0 Å². The fourth-order valence-corrected chi connectivity index (χ4v) is 2.06. The van der Waals surface area contributed by atoms with Crippen LogP contribution in [-0.4, -0.2) is 0 Å². The smallest absolute Gasteiger partial charge is 0.0343 e. The second-order valence-corrected chi connectivity index (χ2v) is 4.62. The normalized spacial score (nSPS) is 10.5. The summed E-state index contributed by atoms with van der Waals surface area (Å²) < 4.78 is 0. The summed E-state index contributed by atoms with van der Waals surface area (Å²) in [5.74, 6) is 0. The zero-order chi connectivity index (χ0) is 12.3. The lowest BCUT2D eigenvalue weighted by Gasteiger charge is -2.07. The van der Waals surface area contributed by atoms with Crippen molar-refractivity contribution in [1.82, 2.24) is 0 Å². The molecule has 2 rings (SSSR count). The second-order valence-electron chi connectivity index (χ2n) is 4.62. The van der Waals surface area contributed by atoms with Crippen LogP contribution in [0.1, 0.15) is 22.3 Å². The number of aryl methyl sites for hydroxylation is 4. The molecule has 1 nitrogen and oxygen atoms in total. The summed E-state index contributed by atoms with van der Waals surface area (Å²) in [6, 6.07) is 14.9. The van der Waals surface area contributed by atoms with E-state index < -0.39 is 0 Å². The SMILES string of the molecule is Cc1cc(CCc2ccccc2C)ccc1N. The molecule has 0 aliphatic carbocycles. The number of benzene rings is 2. The van der Waals surface area contributed by atoms with Gasteiger partial charge in [-0.05, 0) is 55.0 Å². The van der Waals surface area contributed by atoms with Crippen molar-refractivity contribution in [3.05, 3.63) is 64.7 Å². The lowest BCUT2D eigenvalue weighted by Crippen LogP contribution is -1.96. The number of anilines is 1. The van der Waals surface area contributed by atoms with Crippen molar-refractivity contribution < 1.29 is 0 Å². The Morgan fingerprint density at radius 1 is 0.882 bits per heavy atom. The van der Waals surface area contributed by atoms with Crippen LogP contribution in [0.2, 0.25) is 0 Å². The molecule has 0 bridgehead atoms. The predicted octanol–water partition coefficient (Wildman–Crippen LogP) is 3.67. The van der Waals surface area contributed by atoms with E-state index in [2.05, 4.69) is 50.2 Å². The van der Waals surface area contributed by atoms with Gasteiger partial charge < -0.3 is 5.73 Å². The summed E-state index contributed by atoms with van der Waals surface area (Å²) in [5, 5.41) is 0. The quantitative estimate of drug-likeness (QED) is 0.792. The average Bonchev–Trinajstić information content (AvgIpc) is 2.32. The molecule has 0 radical (unpaired) electrons. The van der Waals surface area contributed by atoms with Gasteiger partial charge in [-0.1, -0.05) is 36.4 Å². The van der Waals surface area contributed by atoms with Crippen LogP contribution in [0.4, 0.5) is 5.69 Å². The van der Waals surface area contributed by atoms with E-state index in [4.69, 9.17) is 5.73 Å². The Morgan fingerprint density at radius 2 is 1.65 bits per heavy atom. The van der Waals surface area contributed by atoms with E-state index in [0.717, 1.165) is 18.5 Å². The third kappa shape index (κ3) is 2.88. The van der Waals surface area contributed by atoms with Crippen molar-refractivity contribution in [2.75, 3.05) is 5.73 Å². The highest BCUT2D eigenvalue weighted by Gasteiger charge is 2.00. The third-order valence-corrected chi connectivity index (χ3v) is 3.28. The topological polar surface area (TPSA) is 26.0 Å². The molecule has 0 unspecified atom stereocenters. The maximum atomic E-state index is 5.82. The van der Waals surface area contributed by atoms with E-state index in [1.54, 1.807) is 0 Å². The van der Waals surface area contributed by atoms with Gasteiger partial charge in [0.05, 0.1) is 0 Å². The van der Waals surface area contributed by atoms with Crippen molar-refractivity contribution in [3.63, 3.8) is 0 Å². The van der Waals surface area contributed by atoms with Crippen LogP contribution in [0, 0.1) is 13.8 Å². The molecule has 0 fully saturated rings. The summed E-state index contributed by atoms with van der Waals surface area (Å²) >= 11 is 0. The highest BCUT2D eigenvalue weighted by molar-refractivity contribution is 5.47. The Bertz CT molecular complexity index is 515. The van der Waals surface area contributed by atoms with Gasteiger partial charge in [0, 0.05) is 5.69 Å². The van der Waals surface area contributed by atoms with Gasteiger partial charge >= 0.3 is 0 Å². The van der Waals surface area contributed by atoms with Crippen molar-refractivity contribution in [2.45, 2.75) is 26.7 Å². The van der Waals surface area contributed by atoms with Crippen LogP contribution in [-0.2, 0) is 12.8 Å². The maximum Gasteiger partial charge on any atom is 0.0343 e. The Labute approximate surface area is 103 Å². The first-order valence-electron chi connectivity index (χ1n) is 6.06. The standard InChI is InChI=1S/C16H19N/c1-12-5-3-4-6-15(12)9-7-14-8-10-16(17)13(2)11-14/h3-6,8,10-11H,7,9,17H2,1-2H3. The molecule has 0 aromatic heterocycles. The number of nitrogens with two attached hydrogens (primary N) is 1. The third-order valence-electron chi connectivity index (χ3n) is 3.28. The van der Waals surface area contributed by atoms with Crippen LogP contribution in [0.5, 0.6) is 0 Å². The summed E-state index contributed by atoms with van der Waals surface area (Å²) in [5.41, 5.74) is 12.0. The van der Waals surface area contributed by atoms with Crippen LogP contribution in [0.25, 0.3) is 0 Å². The van der Waals surface area contributed by atoms with Crippen molar-refractivity contribution in [1.29, 1.82) is 0 Å². The first kappa shape index (κ1) is 11.7. The van der Waals surface area contributed by atoms with Crippen molar-refractivity contribution >= 4 is 5.69 Å². The van der Waals surface area contributed by atoms with Crippen LogP contribution < -0.4 is 5.73 Å². The first-order valence-corrected chi connectivity index (χ1v) is 6.06. The van der Waals surface area contributed by atoms with Crippen LogP contribution in [0.3, 0.4) is 0 Å². The molecule has 2 aromatic carbocycles. The molecule has 1 heteroatoms. The lowest BCUT2D eigenvalue weighted by molar-refractivity contribution is 0.947. The van der Waals surface area contributed by atoms with Crippen LogP contribution in [0.15, 0.2) is 42.5 Å². The summed E-state index contributed by atoms with van der Waals surface area (Å²) in [7, 11) is 0. The van der Waals surface area contributed by atoms with Gasteiger partial charge in [-0.15, -0.1) is 0 Å². The second kappa shape index (κ2) is 5.05. The van der Waals surface area contributed by atoms with Gasteiger partial charge in [0.25, 0.3) is 0 Å². The molecule has 17 heavy (non-hydrogen) atoms.